The lowest BCUT2D eigenvalue weighted by atomic mass is 10.1. The van der Waals surface area contributed by atoms with Crippen LogP contribution in [0.25, 0.3) is 0 Å². The second-order valence-corrected chi connectivity index (χ2v) is 3.44. The van der Waals surface area contributed by atoms with E-state index in [0.29, 0.717) is 0 Å². The van der Waals surface area contributed by atoms with Gasteiger partial charge in [0.25, 0.3) is 0 Å². The number of ether oxygens (including phenoxy) is 1. The van der Waals surface area contributed by atoms with Gasteiger partial charge in [0.05, 0.1) is 12.8 Å². The van der Waals surface area contributed by atoms with E-state index >= 15 is 0 Å². The second kappa shape index (κ2) is 5.00. The van der Waals surface area contributed by atoms with Gasteiger partial charge in [-0.15, -0.1) is 0 Å². The molecule has 80 valence electrons. The van der Waals surface area contributed by atoms with Gasteiger partial charge in [0.1, 0.15) is 0 Å². The monoisotopic (exact) mass is 197 g/mol. The molecule has 0 amide bonds. The summed E-state index contributed by atoms with van der Waals surface area (Å²) in [5, 5.41) is 4.32. The zero-order valence-corrected chi connectivity index (χ0v) is 9.21. The van der Waals surface area contributed by atoms with Crippen LogP contribution in [0.4, 0.5) is 0 Å². The van der Waals surface area contributed by atoms with Crippen molar-refractivity contribution in [3.05, 3.63) is 11.3 Å². The Morgan fingerprint density at radius 3 is 2.71 bits per heavy atom. The first-order valence-electron chi connectivity index (χ1n) is 4.97. The van der Waals surface area contributed by atoms with Crippen molar-refractivity contribution in [3.8, 4) is 5.88 Å². The normalized spacial score (nSPS) is 10.6. The largest absolute Gasteiger partial charge is 0.481 e. The molecule has 0 spiro atoms. The highest BCUT2D eigenvalue weighted by molar-refractivity contribution is 5.30. The van der Waals surface area contributed by atoms with E-state index in [0.717, 1.165) is 37.4 Å². The number of methoxy groups -OCH3 is 1. The van der Waals surface area contributed by atoms with Crippen LogP contribution in [0.5, 0.6) is 5.88 Å². The third-order valence-corrected chi connectivity index (χ3v) is 2.36. The predicted octanol–water partition coefficient (Wildman–Crippen LogP) is 1.02. The van der Waals surface area contributed by atoms with E-state index in [9.17, 15) is 0 Å². The van der Waals surface area contributed by atoms with Gasteiger partial charge in [-0.25, -0.2) is 4.68 Å². The molecule has 14 heavy (non-hydrogen) atoms. The molecule has 0 radical (unpaired) electrons. The Labute approximate surface area is 85.0 Å². The average molecular weight is 197 g/mol. The van der Waals surface area contributed by atoms with Crippen LogP contribution in [-0.4, -0.2) is 23.4 Å². The number of aryl methyl sites for hydroxylation is 2. The average Bonchev–Trinajstić information content (AvgIpc) is 2.42. The molecule has 0 saturated heterocycles. The zero-order chi connectivity index (χ0) is 10.6. The Morgan fingerprint density at radius 2 is 2.14 bits per heavy atom. The van der Waals surface area contributed by atoms with Crippen molar-refractivity contribution in [2.75, 3.05) is 13.7 Å². The minimum Gasteiger partial charge on any atom is -0.481 e. The predicted molar refractivity (Wildman–Crippen MR) is 56.5 cm³/mol. The molecule has 0 atom stereocenters. The molecule has 2 N–H and O–H groups in total. The summed E-state index contributed by atoms with van der Waals surface area (Å²) in [5.74, 6) is 0.875. The van der Waals surface area contributed by atoms with Crippen molar-refractivity contribution in [1.29, 1.82) is 0 Å². The fourth-order valence-corrected chi connectivity index (χ4v) is 1.67. The Kier molecular flexibility index (Phi) is 3.95. The number of rotatable bonds is 5. The quantitative estimate of drug-likeness (QED) is 0.717. The Hall–Kier alpha value is -1.03. The minimum absolute atomic E-state index is 0.752. The molecule has 0 aliphatic heterocycles. The van der Waals surface area contributed by atoms with Gasteiger partial charge in [-0.1, -0.05) is 0 Å². The van der Waals surface area contributed by atoms with Gasteiger partial charge in [-0.3, -0.25) is 0 Å². The molecule has 0 unspecified atom stereocenters. The molecule has 0 aliphatic rings. The lowest BCUT2D eigenvalue weighted by Crippen LogP contribution is -2.00. The lowest BCUT2D eigenvalue weighted by Gasteiger charge is -2.04. The highest BCUT2D eigenvalue weighted by Crippen LogP contribution is 2.22. The minimum atomic E-state index is 0.752. The van der Waals surface area contributed by atoms with Crippen LogP contribution in [0.3, 0.4) is 0 Å². The van der Waals surface area contributed by atoms with Crippen molar-refractivity contribution < 1.29 is 4.74 Å². The maximum atomic E-state index is 5.45. The van der Waals surface area contributed by atoms with Crippen LogP contribution < -0.4 is 10.5 Å². The highest BCUT2D eigenvalue weighted by atomic mass is 16.5. The number of hydrogen-bond acceptors (Lipinski definition) is 3. The molecule has 0 fully saturated rings. The molecular formula is C10H19N3O. The van der Waals surface area contributed by atoms with Gasteiger partial charge < -0.3 is 10.5 Å². The zero-order valence-electron chi connectivity index (χ0n) is 9.21. The smallest absolute Gasteiger partial charge is 0.214 e. The molecule has 1 aromatic rings. The number of unbranched alkanes of at least 4 members (excludes halogenated alkanes) is 1. The maximum absolute atomic E-state index is 5.45. The van der Waals surface area contributed by atoms with Gasteiger partial charge in [-0.2, -0.15) is 5.10 Å². The molecule has 0 aliphatic carbocycles. The Morgan fingerprint density at radius 1 is 1.43 bits per heavy atom. The van der Waals surface area contributed by atoms with Crippen LogP contribution in [0.2, 0.25) is 0 Å². The molecule has 4 heteroatoms. The molecule has 0 bridgehead atoms. The summed E-state index contributed by atoms with van der Waals surface area (Å²) < 4.78 is 7.08. The Balaban J connectivity index is 2.73. The summed E-state index contributed by atoms with van der Waals surface area (Å²) in [6, 6.07) is 0. The first-order chi connectivity index (χ1) is 6.70. The van der Waals surface area contributed by atoms with E-state index in [1.165, 1.54) is 5.56 Å². The Bertz CT molecular complexity index is 294. The van der Waals surface area contributed by atoms with Crippen molar-refractivity contribution in [2.45, 2.75) is 26.2 Å². The summed E-state index contributed by atoms with van der Waals surface area (Å²) in [6.07, 6.45) is 3.15. The first kappa shape index (κ1) is 11.0. The summed E-state index contributed by atoms with van der Waals surface area (Å²) in [7, 11) is 3.58. The molecule has 1 heterocycles. The van der Waals surface area contributed by atoms with Crippen LogP contribution in [-0.2, 0) is 13.5 Å². The summed E-state index contributed by atoms with van der Waals surface area (Å²) >= 11 is 0. The lowest BCUT2D eigenvalue weighted by molar-refractivity contribution is 0.369. The van der Waals surface area contributed by atoms with Crippen molar-refractivity contribution >= 4 is 0 Å². The molecule has 0 aromatic carbocycles. The van der Waals surface area contributed by atoms with Gasteiger partial charge in [-0.05, 0) is 32.7 Å². The fraction of sp³-hybridized carbons (Fsp3) is 0.700. The highest BCUT2D eigenvalue weighted by Gasteiger charge is 2.12. The summed E-state index contributed by atoms with van der Waals surface area (Å²) in [5.41, 5.74) is 7.72. The van der Waals surface area contributed by atoms with E-state index in [1.54, 1.807) is 11.8 Å². The first-order valence-corrected chi connectivity index (χ1v) is 4.97. The summed E-state index contributed by atoms with van der Waals surface area (Å²) in [6.45, 7) is 2.77. The number of nitrogens with two attached hydrogens (primary N) is 1. The number of hydrogen-bond donors (Lipinski definition) is 1. The number of nitrogens with zero attached hydrogens (tertiary/aromatic N) is 2. The standard InChI is InChI=1S/C10H19N3O/c1-8-9(6-4-5-7-11)10(14-3)13(2)12-8/h4-7,11H2,1-3H3. The van der Waals surface area contributed by atoms with Crippen LogP contribution in [0.1, 0.15) is 24.1 Å². The van der Waals surface area contributed by atoms with E-state index in [1.807, 2.05) is 14.0 Å². The van der Waals surface area contributed by atoms with Crippen molar-refractivity contribution in [2.24, 2.45) is 12.8 Å². The van der Waals surface area contributed by atoms with E-state index < -0.39 is 0 Å². The molecule has 1 aromatic heterocycles. The van der Waals surface area contributed by atoms with Crippen LogP contribution in [0.15, 0.2) is 0 Å². The fourth-order valence-electron chi connectivity index (χ4n) is 1.67. The summed E-state index contributed by atoms with van der Waals surface area (Å²) in [4.78, 5) is 0. The van der Waals surface area contributed by atoms with E-state index in [-0.39, 0.29) is 0 Å². The van der Waals surface area contributed by atoms with E-state index in [4.69, 9.17) is 10.5 Å². The van der Waals surface area contributed by atoms with E-state index in [2.05, 4.69) is 5.10 Å². The third kappa shape index (κ3) is 2.26. The number of aromatic nitrogens is 2. The van der Waals surface area contributed by atoms with Gasteiger partial charge >= 0.3 is 0 Å². The van der Waals surface area contributed by atoms with Crippen molar-refractivity contribution in [3.63, 3.8) is 0 Å². The van der Waals surface area contributed by atoms with Gasteiger partial charge in [0.15, 0.2) is 0 Å². The SMILES string of the molecule is COc1c(CCCCN)c(C)nn1C. The van der Waals surface area contributed by atoms with Gasteiger partial charge in [0.2, 0.25) is 5.88 Å². The molecule has 0 saturated carbocycles. The topological polar surface area (TPSA) is 53.1 Å². The molecular weight excluding hydrogens is 178 g/mol. The van der Waals surface area contributed by atoms with Crippen LogP contribution >= 0.6 is 0 Å². The van der Waals surface area contributed by atoms with Crippen molar-refractivity contribution in [1.82, 2.24) is 9.78 Å². The third-order valence-electron chi connectivity index (χ3n) is 2.36. The van der Waals surface area contributed by atoms with Crippen LogP contribution in [0, 0.1) is 6.92 Å². The van der Waals surface area contributed by atoms with Gasteiger partial charge in [0, 0.05) is 12.6 Å². The molecule has 4 nitrogen and oxygen atoms in total. The molecule has 1 rings (SSSR count). The second-order valence-electron chi connectivity index (χ2n) is 3.44. The maximum Gasteiger partial charge on any atom is 0.214 e.